The summed E-state index contributed by atoms with van der Waals surface area (Å²) in [5.74, 6) is 1.40. The van der Waals surface area contributed by atoms with Gasteiger partial charge in [-0.1, -0.05) is 84.9 Å². The topological polar surface area (TPSA) is 110 Å². The van der Waals surface area contributed by atoms with Crippen molar-refractivity contribution in [3.05, 3.63) is 164 Å². The monoisotopic (exact) mass is 662 g/mol. The number of nitrogens with one attached hydrogen (secondary N) is 1. The van der Waals surface area contributed by atoms with Crippen molar-refractivity contribution in [3.8, 4) is 11.5 Å². The van der Waals surface area contributed by atoms with Crippen molar-refractivity contribution in [2.24, 2.45) is 0 Å². The number of rotatable bonds is 12. The highest BCUT2D eigenvalue weighted by Gasteiger charge is 2.65. The van der Waals surface area contributed by atoms with E-state index in [0.29, 0.717) is 23.7 Å². The van der Waals surface area contributed by atoms with Gasteiger partial charge in [-0.3, -0.25) is 14.3 Å². The van der Waals surface area contributed by atoms with Crippen molar-refractivity contribution < 1.29 is 28.4 Å². The quantitative estimate of drug-likeness (QED) is 0.183. The summed E-state index contributed by atoms with van der Waals surface area (Å²) < 4.78 is 39.6. The molecule has 5 aromatic rings. The molecule has 0 radical (unpaired) electrons. The van der Waals surface area contributed by atoms with Crippen LogP contribution in [0.4, 0.5) is 0 Å². The van der Waals surface area contributed by atoms with E-state index in [1.165, 1.54) is 10.8 Å². The van der Waals surface area contributed by atoms with Crippen LogP contribution in [-0.2, 0) is 31.2 Å². The second-order valence-electron chi connectivity index (χ2n) is 12.3. The molecule has 2 saturated heterocycles. The molecule has 4 atom stereocenters. The number of nitrogens with zero attached hydrogens (tertiary/aromatic N) is 1. The first kappa shape index (κ1) is 32.5. The zero-order valence-electron chi connectivity index (χ0n) is 27.5. The molecule has 0 unspecified atom stereocenters. The van der Waals surface area contributed by atoms with Crippen LogP contribution in [0.15, 0.2) is 125 Å². The van der Waals surface area contributed by atoms with Crippen LogP contribution >= 0.6 is 0 Å². The predicted octanol–water partition coefficient (Wildman–Crippen LogP) is 5.12. The van der Waals surface area contributed by atoms with Crippen LogP contribution in [-0.4, -0.2) is 54.8 Å². The van der Waals surface area contributed by atoms with E-state index >= 15 is 0 Å². The fourth-order valence-corrected chi connectivity index (χ4v) is 6.80. The van der Waals surface area contributed by atoms with Crippen molar-refractivity contribution in [2.75, 3.05) is 27.4 Å². The molecule has 10 nitrogen and oxygen atoms in total. The van der Waals surface area contributed by atoms with Gasteiger partial charge in [-0.05, 0) is 53.4 Å². The zero-order valence-corrected chi connectivity index (χ0v) is 27.5. The van der Waals surface area contributed by atoms with Gasteiger partial charge >= 0.3 is 5.69 Å². The fraction of sp³-hybridized carbons (Fsp3) is 0.282. The van der Waals surface area contributed by atoms with Crippen molar-refractivity contribution in [1.82, 2.24) is 9.55 Å². The molecule has 2 aliphatic rings. The highest BCUT2D eigenvalue weighted by molar-refractivity contribution is 5.50. The second-order valence-corrected chi connectivity index (χ2v) is 12.3. The van der Waals surface area contributed by atoms with Crippen LogP contribution in [0.2, 0.25) is 0 Å². The van der Waals surface area contributed by atoms with Gasteiger partial charge in [0.1, 0.15) is 34.9 Å². The molecule has 0 saturated carbocycles. The Morgan fingerprint density at radius 2 is 1.39 bits per heavy atom. The number of fused-ring (bicyclic) bond motifs is 2. The number of methoxy groups -OCH3 is 2. The Kier molecular flexibility index (Phi) is 8.96. The van der Waals surface area contributed by atoms with Crippen LogP contribution in [0.5, 0.6) is 11.5 Å². The summed E-state index contributed by atoms with van der Waals surface area (Å²) >= 11 is 0. The summed E-state index contributed by atoms with van der Waals surface area (Å²) in [5.41, 5.74) is 0.548. The normalized spacial score (nSPS) is 21.5. The molecule has 0 aliphatic carbocycles. The largest absolute Gasteiger partial charge is 0.497 e. The van der Waals surface area contributed by atoms with Gasteiger partial charge in [0.25, 0.3) is 5.56 Å². The SMILES string of the molecule is COc1ccc(C(O[C@H]2[C@H]3OC[C@@]2(COCc2ccccc2)O[C@H]3n2cc(C)c(=O)[nH]c2=O)(c2ccccc2)c2ccc(OC)cc2)cc1. The minimum atomic E-state index is -1.19. The van der Waals surface area contributed by atoms with Crippen LogP contribution in [0.25, 0.3) is 0 Å². The number of ether oxygens (including phenoxy) is 6. The van der Waals surface area contributed by atoms with E-state index in [9.17, 15) is 9.59 Å². The molecule has 2 bridgehead atoms. The molecule has 252 valence electrons. The Hall–Kier alpha value is -5.00. The second kappa shape index (κ2) is 13.5. The molecule has 2 fully saturated rings. The molecule has 2 aliphatic heterocycles. The van der Waals surface area contributed by atoms with E-state index < -0.39 is 40.9 Å². The molecular formula is C39H38N2O8. The lowest BCUT2D eigenvalue weighted by atomic mass is 9.79. The van der Waals surface area contributed by atoms with E-state index in [4.69, 9.17) is 28.4 Å². The van der Waals surface area contributed by atoms with E-state index in [1.807, 2.05) is 109 Å². The summed E-state index contributed by atoms with van der Waals surface area (Å²) in [6.07, 6.45) is -0.870. The first-order chi connectivity index (χ1) is 23.9. The van der Waals surface area contributed by atoms with E-state index in [-0.39, 0.29) is 13.2 Å². The van der Waals surface area contributed by atoms with Crippen LogP contribution < -0.4 is 20.7 Å². The van der Waals surface area contributed by atoms with Gasteiger partial charge in [0.15, 0.2) is 6.23 Å². The Morgan fingerprint density at radius 1 is 0.816 bits per heavy atom. The van der Waals surface area contributed by atoms with Gasteiger partial charge in [0.2, 0.25) is 0 Å². The Morgan fingerprint density at radius 3 is 1.98 bits per heavy atom. The average Bonchev–Trinajstić information content (AvgIpc) is 3.63. The highest BCUT2D eigenvalue weighted by atomic mass is 16.7. The van der Waals surface area contributed by atoms with Gasteiger partial charge < -0.3 is 28.4 Å². The minimum Gasteiger partial charge on any atom is -0.497 e. The highest BCUT2D eigenvalue weighted by Crippen LogP contribution is 2.52. The van der Waals surface area contributed by atoms with Crippen LogP contribution in [0, 0.1) is 6.92 Å². The van der Waals surface area contributed by atoms with Gasteiger partial charge in [0, 0.05) is 11.8 Å². The number of hydrogen-bond donors (Lipinski definition) is 1. The molecule has 3 heterocycles. The molecule has 0 spiro atoms. The molecule has 4 aromatic carbocycles. The lowest BCUT2D eigenvalue weighted by molar-refractivity contribution is -0.200. The molecule has 7 rings (SSSR count). The number of H-pyrrole nitrogens is 1. The van der Waals surface area contributed by atoms with Crippen molar-refractivity contribution in [1.29, 1.82) is 0 Å². The first-order valence-corrected chi connectivity index (χ1v) is 16.1. The molecular weight excluding hydrogens is 624 g/mol. The van der Waals surface area contributed by atoms with E-state index in [1.54, 1.807) is 21.1 Å². The maximum absolute atomic E-state index is 13.2. The molecule has 1 N–H and O–H groups in total. The van der Waals surface area contributed by atoms with E-state index in [2.05, 4.69) is 4.98 Å². The summed E-state index contributed by atoms with van der Waals surface area (Å²) in [6, 6.07) is 35.4. The summed E-state index contributed by atoms with van der Waals surface area (Å²) in [4.78, 5) is 27.9. The number of aryl methyl sites for hydroxylation is 1. The lowest BCUT2D eigenvalue weighted by Gasteiger charge is -2.40. The number of benzene rings is 4. The zero-order chi connectivity index (χ0) is 34.0. The van der Waals surface area contributed by atoms with E-state index in [0.717, 1.165) is 22.3 Å². The van der Waals surface area contributed by atoms with Crippen molar-refractivity contribution in [3.63, 3.8) is 0 Å². The maximum Gasteiger partial charge on any atom is 0.330 e. The smallest absolute Gasteiger partial charge is 0.330 e. The lowest BCUT2D eigenvalue weighted by Crippen LogP contribution is -2.50. The minimum absolute atomic E-state index is 0.118. The molecule has 49 heavy (non-hydrogen) atoms. The molecule has 0 amide bonds. The summed E-state index contributed by atoms with van der Waals surface area (Å²) in [5, 5.41) is 0. The number of hydrogen-bond acceptors (Lipinski definition) is 8. The summed E-state index contributed by atoms with van der Waals surface area (Å²) in [6.45, 7) is 2.27. The molecule has 10 heteroatoms. The first-order valence-electron chi connectivity index (χ1n) is 16.1. The number of aromatic amines is 1. The Labute approximate surface area is 283 Å². The van der Waals surface area contributed by atoms with Gasteiger partial charge in [-0.2, -0.15) is 0 Å². The van der Waals surface area contributed by atoms with Gasteiger partial charge in [-0.25, -0.2) is 4.79 Å². The van der Waals surface area contributed by atoms with Gasteiger partial charge in [0.05, 0.1) is 34.0 Å². The predicted molar refractivity (Wildman–Crippen MR) is 182 cm³/mol. The maximum atomic E-state index is 13.2. The van der Waals surface area contributed by atoms with Gasteiger partial charge in [-0.15, -0.1) is 0 Å². The van der Waals surface area contributed by atoms with Crippen LogP contribution in [0.1, 0.15) is 34.0 Å². The summed E-state index contributed by atoms with van der Waals surface area (Å²) in [7, 11) is 3.26. The fourth-order valence-electron chi connectivity index (χ4n) is 6.80. The Bertz CT molecular complexity index is 1950. The third kappa shape index (κ3) is 5.97. The third-order valence-corrected chi connectivity index (χ3v) is 9.33. The van der Waals surface area contributed by atoms with Crippen LogP contribution in [0.3, 0.4) is 0 Å². The number of aromatic nitrogens is 2. The standard InChI is InChI=1S/C39H38N2O8/c1-26-22-41(37(43)40-35(26)42)36-33-34(38(49-36,25-47-33)24-46-23-27-10-6-4-7-11-27)48-39(28-12-8-5-9-13-28,29-14-18-31(44-2)19-15-29)30-16-20-32(45-3)21-17-30/h4-22,33-34,36H,23-25H2,1-3H3,(H,40,42,43)/t33-,34+,36-,38-/m1/s1. The van der Waals surface area contributed by atoms with Crippen molar-refractivity contribution >= 4 is 0 Å². The average molecular weight is 663 g/mol. The molecule has 1 aromatic heterocycles. The third-order valence-electron chi connectivity index (χ3n) is 9.33. The Balaban J connectivity index is 1.38. The van der Waals surface area contributed by atoms with Crippen molar-refractivity contribution in [2.45, 2.75) is 43.2 Å².